The summed E-state index contributed by atoms with van der Waals surface area (Å²) in [6.45, 7) is 7.71. The normalized spacial score (nSPS) is 13.4. The number of hydrogen-bond acceptors (Lipinski definition) is 2. The van der Waals surface area contributed by atoms with Gasteiger partial charge in [-0.2, -0.15) is 0 Å². The van der Waals surface area contributed by atoms with Gasteiger partial charge in [-0.25, -0.2) is 0 Å². The average molecular weight is 195 g/mol. The van der Waals surface area contributed by atoms with Crippen LogP contribution in [0.15, 0.2) is 22.8 Å². The van der Waals surface area contributed by atoms with Gasteiger partial charge in [0.25, 0.3) is 0 Å². The molecule has 80 valence electrons. The zero-order chi connectivity index (χ0) is 10.4. The molecule has 1 atom stereocenters. The molecule has 0 bridgehead atoms. The SMILES string of the molecule is CCC(CC)CNC(C)c1ccco1. The van der Waals surface area contributed by atoms with Crippen molar-refractivity contribution in [3.8, 4) is 0 Å². The Hall–Kier alpha value is -0.760. The van der Waals surface area contributed by atoms with E-state index in [-0.39, 0.29) is 0 Å². The molecule has 1 unspecified atom stereocenters. The van der Waals surface area contributed by atoms with Crippen molar-refractivity contribution in [2.75, 3.05) is 6.54 Å². The highest BCUT2D eigenvalue weighted by Gasteiger charge is 2.09. The van der Waals surface area contributed by atoms with Crippen molar-refractivity contribution in [3.05, 3.63) is 24.2 Å². The Bertz CT molecular complexity index is 226. The molecule has 14 heavy (non-hydrogen) atoms. The van der Waals surface area contributed by atoms with E-state index in [0.717, 1.165) is 18.2 Å². The maximum absolute atomic E-state index is 5.33. The van der Waals surface area contributed by atoms with Gasteiger partial charge in [0.1, 0.15) is 5.76 Å². The average Bonchev–Trinajstić information content (AvgIpc) is 2.72. The van der Waals surface area contributed by atoms with Gasteiger partial charge in [-0.05, 0) is 31.5 Å². The van der Waals surface area contributed by atoms with Crippen LogP contribution in [0, 0.1) is 5.92 Å². The van der Waals surface area contributed by atoms with Crippen LogP contribution in [0.3, 0.4) is 0 Å². The molecule has 0 aliphatic carbocycles. The van der Waals surface area contributed by atoms with E-state index < -0.39 is 0 Å². The van der Waals surface area contributed by atoms with Gasteiger partial charge in [-0.1, -0.05) is 26.7 Å². The molecule has 1 aromatic heterocycles. The molecule has 0 fully saturated rings. The molecule has 1 aromatic rings. The fourth-order valence-corrected chi connectivity index (χ4v) is 1.56. The van der Waals surface area contributed by atoms with Crippen LogP contribution in [0.2, 0.25) is 0 Å². The van der Waals surface area contributed by atoms with E-state index in [2.05, 4.69) is 26.1 Å². The Morgan fingerprint density at radius 3 is 2.57 bits per heavy atom. The summed E-state index contributed by atoms with van der Waals surface area (Å²) >= 11 is 0. The Morgan fingerprint density at radius 1 is 1.36 bits per heavy atom. The topological polar surface area (TPSA) is 25.2 Å². The summed E-state index contributed by atoms with van der Waals surface area (Å²) in [4.78, 5) is 0. The van der Waals surface area contributed by atoms with Crippen LogP contribution in [0.25, 0.3) is 0 Å². The maximum Gasteiger partial charge on any atom is 0.120 e. The Labute approximate surface area is 86.7 Å². The van der Waals surface area contributed by atoms with E-state index in [1.807, 2.05) is 12.1 Å². The van der Waals surface area contributed by atoms with Crippen LogP contribution >= 0.6 is 0 Å². The minimum Gasteiger partial charge on any atom is -0.468 e. The summed E-state index contributed by atoms with van der Waals surface area (Å²) in [5, 5.41) is 3.49. The second-order valence-electron chi connectivity index (χ2n) is 3.83. The van der Waals surface area contributed by atoms with E-state index in [0.29, 0.717) is 6.04 Å². The summed E-state index contributed by atoms with van der Waals surface area (Å²) in [5.74, 6) is 1.81. The second kappa shape index (κ2) is 5.86. The molecule has 0 amide bonds. The summed E-state index contributed by atoms with van der Waals surface area (Å²) in [6, 6.07) is 4.28. The monoisotopic (exact) mass is 195 g/mol. The molecular formula is C12H21NO. The van der Waals surface area contributed by atoms with Gasteiger partial charge in [0, 0.05) is 0 Å². The molecule has 0 spiro atoms. The smallest absolute Gasteiger partial charge is 0.120 e. The highest BCUT2D eigenvalue weighted by atomic mass is 16.3. The lowest BCUT2D eigenvalue weighted by atomic mass is 10.0. The predicted molar refractivity (Wildman–Crippen MR) is 59.2 cm³/mol. The van der Waals surface area contributed by atoms with Gasteiger partial charge >= 0.3 is 0 Å². The van der Waals surface area contributed by atoms with Crippen LogP contribution < -0.4 is 5.32 Å². The fourth-order valence-electron chi connectivity index (χ4n) is 1.56. The molecule has 0 aliphatic rings. The standard InChI is InChI=1S/C12H21NO/c1-4-11(5-2)9-13-10(3)12-7-6-8-14-12/h6-8,10-11,13H,4-5,9H2,1-3H3. The predicted octanol–water partition coefficient (Wildman–Crippen LogP) is 3.37. The maximum atomic E-state index is 5.33. The summed E-state index contributed by atoms with van der Waals surface area (Å²) in [7, 11) is 0. The molecular weight excluding hydrogens is 174 g/mol. The molecule has 2 nitrogen and oxygen atoms in total. The molecule has 1 N–H and O–H groups in total. The van der Waals surface area contributed by atoms with Crippen molar-refractivity contribution >= 4 is 0 Å². The largest absolute Gasteiger partial charge is 0.468 e. The first kappa shape index (κ1) is 11.3. The Kier molecular flexibility index (Phi) is 4.74. The van der Waals surface area contributed by atoms with Crippen molar-refractivity contribution in [1.29, 1.82) is 0 Å². The van der Waals surface area contributed by atoms with Crippen molar-refractivity contribution in [2.24, 2.45) is 5.92 Å². The first-order chi connectivity index (χ1) is 6.77. The van der Waals surface area contributed by atoms with E-state index in [1.54, 1.807) is 6.26 Å². The molecule has 2 heteroatoms. The van der Waals surface area contributed by atoms with E-state index in [4.69, 9.17) is 4.42 Å². The number of rotatable bonds is 6. The second-order valence-corrected chi connectivity index (χ2v) is 3.83. The molecule has 0 radical (unpaired) electrons. The minimum atomic E-state index is 0.325. The summed E-state index contributed by atoms with van der Waals surface area (Å²) in [6.07, 6.45) is 4.22. The van der Waals surface area contributed by atoms with E-state index in [1.165, 1.54) is 12.8 Å². The molecule has 1 heterocycles. The van der Waals surface area contributed by atoms with Crippen LogP contribution in [0.1, 0.15) is 45.4 Å². The van der Waals surface area contributed by atoms with Gasteiger partial charge in [0.05, 0.1) is 12.3 Å². The van der Waals surface area contributed by atoms with Crippen molar-refractivity contribution in [3.63, 3.8) is 0 Å². The van der Waals surface area contributed by atoms with Gasteiger partial charge in [0.2, 0.25) is 0 Å². The third kappa shape index (κ3) is 3.18. The van der Waals surface area contributed by atoms with Crippen molar-refractivity contribution in [2.45, 2.75) is 39.7 Å². The summed E-state index contributed by atoms with van der Waals surface area (Å²) < 4.78 is 5.33. The zero-order valence-electron chi connectivity index (χ0n) is 9.42. The molecule has 0 saturated heterocycles. The lowest BCUT2D eigenvalue weighted by Gasteiger charge is -2.16. The van der Waals surface area contributed by atoms with Crippen molar-refractivity contribution in [1.82, 2.24) is 5.32 Å². The lowest BCUT2D eigenvalue weighted by molar-refractivity contribution is 0.382. The zero-order valence-corrected chi connectivity index (χ0v) is 9.42. The van der Waals surface area contributed by atoms with Crippen molar-refractivity contribution < 1.29 is 4.42 Å². The number of furan rings is 1. The van der Waals surface area contributed by atoms with Gasteiger partial charge in [-0.3, -0.25) is 0 Å². The van der Waals surface area contributed by atoms with Crippen LogP contribution in [-0.2, 0) is 0 Å². The van der Waals surface area contributed by atoms with Gasteiger partial charge in [0.15, 0.2) is 0 Å². The first-order valence-corrected chi connectivity index (χ1v) is 5.54. The molecule has 0 aliphatic heterocycles. The molecule has 1 rings (SSSR count). The Morgan fingerprint density at radius 2 is 2.07 bits per heavy atom. The third-order valence-corrected chi connectivity index (χ3v) is 2.84. The fraction of sp³-hybridized carbons (Fsp3) is 0.667. The molecule has 0 aromatic carbocycles. The van der Waals surface area contributed by atoms with Gasteiger partial charge in [-0.15, -0.1) is 0 Å². The minimum absolute atomic E-state index is 0.325. The quantitative estimate of drug-likeness (QED) is 0.753. The highest BCUT2D eigenvalue weighted by Crippen LogP contribution is 2.14. The number of nitrogens with one attached hydrogen (secondary N) is 1. The Balaban J connectivity index is 2.31. The third-order valence-electron chi connectivity index (χ3n) is 2.84. The molecule has 0 saturated carbocycles. The van der Waals surface area contributed by atoms with E-state index >= 15 is 0 Å². The first-order valence-electron chi connectivity index (χ1n) is 5.54. The van der Waals surface area contributed by atoms with Crippen LogP contribution in [0.4, 0.5) is 0 Å². The summed E-state index contributed by atoms with van der Waals surface area (Å²) in [5.41, 5.74) is 0. The van der Waals surface area contributed by atoms with Gasteiger partial charge < -0.3 is 9.73 Å². The lowest BCUT2D eigenvalue weighted by Crippen LogP contribution is -2.24. The van der Waals surface area contributed by atoms with Crippen LogP contribution in [-0.4, -0.2) is 6.54 Å². The van der Waals surface area contributed by atoms with E-state index in [9.17, 15) is 0 Å². The highest BCUT2D eigenvalue weighted by molar-refractivity contribution is 5.02. The van der Waals surface area contributed by atoms with Crippen LogP contribution in [0.5, 0.6) is 0 Å². The number of hydrogen-bond donors (Lipinski definition) is 1.